The molecule has 0 aromatic carbocycles. The number of ketones is 1. The van der Waals surface area contributed by atoms with Gasteiger partial charge in [0.15, 0.2) is 5.78 Å². The maximum absolute atomic E-state index is 12.1. The Morgan fingerprint density at radius 1 is 1.40 bits per heavy atom. The summed E-state index contributed by atoms with van der Waals surface area (Å²) in [5.74, 6) is -0.0127. The second-order valence-electron chi connectivity index (χ2n) is 4.78. The third-order valence-electron chi connectivity index (χ3n) is 2.59. The zero-order chi connectivity index (χ0) is 14.9. The van der Waals surface area contributed by atoms with Crippen molar-refractivity contribution in [3.8, 4) is 5.13 Å². The smallest absolute Gasteiger partial charge is 0.313 e. The molecule has 0 aliphatic rings. The van der Waals surface area contributed by atoms with E-state index in [4.69, 9.17) is 0 Å². The van der Waals surface area contributed by atoms with Gasteiger partial charge in [-0.3, -0.25) is 9.59 Å². The van der Waals surface area contributed by atoms with Gasteiger partial charge in [0.1, 0.15) is 5.01 Å². The first-order chi connectivity index (χ1) is 9.40. The molecule has 2 aromatic heterocycles. The summed E-state index contributed by atoms with van der Waals surface area (Å²) in [7, 11) is 0. The predicted molar refractivity (Wildman–Crippen MR) is 74.7 cm³/mol. The Labute approximate surface area is 118 Å². The number of hydrogen-bond donors (Lipinski definition) is 1. The van der Waals surface area contributed by atoms with E-state index in [9.17, 15) is 14.4 Å². The van der Waals surface area contributed by atoms with Gasteiger partial charge in [-0.25, -0.2) is 4.79 Å². The molecule has 0 fully saturated rings. The Bertz CT molecular complexity index is 757. The minimum absolute atomic E-state index is 0.0785. The number of hydrogen-bond acceptors (Lipinski definition) is 6. The highest BCUT2D eigenvalue weighted by Crippen LogP contribution is 2.15. The zero-order valence-corrected chi connectivity index (χ0v) is 12.2. The number of carbonyl (C=O) groups is 1. The lowest BCUT2D eigenvalue weighted by Crippen LogP contribution is -2.36. The summed E-state index contributed by atoms with van der Waals surface area (Å²) < 4.78 is 0.845. The molecule has 1 N–H and O–H groups in total. The fourth-order valence-electron chi connectivity index (χ4n) is 1.67. The summed E-state index contributed by atoms with van der Waals surface area (Å²) in [5, 5.41) is 8.74. The molecule has 0 aliphatic heterocycles. The van der Waals surface area contributed by atoms with E-state index in [0.717, 1.165) is 22.2 Å². The molecule has 0 radical (unpaired) electrons. The Kier molecular flexibility index (Phi) is 3.93. The van der Waals surface area contributed by atoms with E-state index < -0.39 is 17.0 Å². The van der Waals surface area contributed by atoms with Crippen LogP contribution in [0.1, 0.15) is 36.1 Å². The molecular formula is C12H14N4O3S. The monoisotopic (exact) mass is 294 g/mol. The van der Waals surface area contributed by atoms with Crippen LogP contribution < -0.4 is 11.2 Å². The number of carbonyl (C=O) groups excluding carboxylic acids is 1. The Morgan fingerprint density at radius 2 is 2.10 bits per heavy atom. The van der Waals surface area contributed by atoms with Crippen LogP contribution >= 0.6 is 11.3 Å². The third-order valence-corrected chi connectivity index (χ3v) is 3.52. The molecule has 2 heterocycles. The molecular weight excluding hydrogens is 280 g/mol. The van der Waals surface area contributed by atoms with Crippen molar-refractivity contribution in [1.29, 1.82) is 0 Å². The van der Waals surface area contributed by atoms with Crippen molar-refractivity contribution < 1.29 is 4.79 Å². The third kappa shape index (κ3) is 2.74. The van der Waals surface area contributed by atoms with Crippen LogP contribution in [0.3, 0.4) is 0 Å². The molecule has 0 spiro atoms. The van der Waals surface area contributed by atoms with E-state index in [1.165, 1.54) is 18.3 Å². The standard InChI is InChI=1S/C12H14N4O3S/c1-6(2)4-9-14-15-12(20-9)16-10(18)8(7(3)17)5-13-11(16)19/h5-6H,4H2,1-3H3,(H,13,19). The van der Waals surface area contributed by atoms with Crippen molar-refractivity contribution >= 4 is 17.1 Å². The van der Waals surface area contributed by atoms with Crippen molar-refractivity contribution in [3.63, 3.8) is 0 Å². The Morgan fingerprint density at radius 3 is 2.70 bits per heavy atom. The van der Waals surface area contributed by atoms with Gasteiger partial charge in [-0.15, -0.1) is 10.2 Å². The summed E-state index contributed by atoms with van der Waals surface area (Å²) in [6.07, 6.45) is 1.84. The molecule has 8 heteroatoms. The van der Waals surface area contributed by atoms with Crippen LogP contribution in [-0.4, -0.2) is 25.5 Å². The SMILES string of the molecule is CC(=O)c1c[nH]c(=O)n(-c2nnc(CC(C)C)s2)c1=O. The topological polar surface area (TPSA) is 97.7 Å². The average Bonchev–Trinajstić information content (AvgIpc) is 2.75. The van der Waals surface area contributed by atoms with Gasteiger partial charge >= 0.3 is 5.69 Å². The number of Topliss-reactive ketones (excluding diaryl/α,β-unsaturated/α-hetero) is 1. The van der Waals surface area contributed by atoms with Crippen molar-refractivity contribution in [1.82, 2.24) is 19.7 Å². The minimum atomic E-state index is -0.673. The lowest BCUT2D eigenvalue weighted by Gasteiger charge is -2.00. The van der Waals surface area contributed by atoms with Gasteiger partial charge in [-0.05, 0) is 12.8 Å². The first-order valence-corrected chi connectivity index (χ1v) is 6.90. The number of aromatic nitrogens is 4. The van der Waals surface area contributed by atoms with Crippen LogP contribution in [0.25, 0.3) is 5.13 Å². The molecule has 2 rings (SSSR count). The highest BCUT2D eigenvalue weighted by atomic mass is 32.1. The molecule has 0 saturated carbocycles. The second-order valence-corrected chi connectivity index (χ2v) is 5.82. The van der Waals surface area contributed by atoms with Gasteiger partial charge in [-0.1, -0.05) is 25.2 Å². The van der Waals surface area contributed by atoms with Crippen molar-refractivity contribution in [2.45, 2.75) is 27.2 Å². The zero-order valence-electron chi connectivity index (χ0n) is 11.3. The van der Waals surface area contributed by atoms with Gasteiger partial charge < -0.3 is 4.98 Å². The molecule has 7 nitrogen and oxygen atoms in total. The summed E-state index contributed by atoms with van der Waals surface area (Å²) in [6, 6.07) is 0. The van der Waals surface area contributed by atoms with Crippen LogP contribution in [0.4, 0.5) is 0 Å². The molecule has 0 amide bonds. The normalized spacial score (nSPS) is 11.0. The minimum Gasteiger partial charge on any atom is -0.313 e. The maximum Gasteiger partial charge on any atom is 0.334 e. The predicted octanol–water partition coefficient (Wildman–Crippen LogP) is 0.778. The number of H-pyrrole nitrogens is 1. The maximum atomic E-state index is 12.1. The average molecular weight is 294 g/mol. The van der Waals surface area contributed by atoms with Gasteiger partial charge in [0, 0.05) is 12.6 Å². The van der Waals surface area contributed by atoms with E-state index in [0.29, 0.717) is 5.92 Å². The fourth-order valence-corrected chi connectivity index (χ4v) is 2.71. The first kappa shape index (κ1) is 14.3. The van der Waals surface area contributed by atoms with Gasteiger partial charge in [-0.2, -0.15) is 4.57 Å². The summed E-state index contributed by atoms with van der Waals surface area (Å²) in [5.41, 5.74) is -1.38. The molecule has 106 valence electrons. The van der Waals surface area contributed by atoms with Gasteiger partial charge in [0.05, 0.1) is 5.56 Å². The number of nitrogens with zero attached hydrogens (tertiary/aromatic N) is 3. The summed E-state index contributed by atoms with van der Waals surface area (Å²) in [4.78, 5) is 37.6. The number of rotatable bonds is 4. The quantitative estimate of drug-likeness (QED) is 0.840. The van der Waals surface area contributed by atoms with Crippen LogP contribution in [0.15, 0.2) is 15.8 Å². The largest absolute Gasteiger partial charge is 0.334 e. The highest BCUT2D eigenvalue weighted by molar-refractivity contribution is 7.13. The second kappa shape index (κ2) is 5.49. The van der Waals surface area contributed by atoms with Crippen molar-refractivity contribution in [2.75, 3.05) is 0 Å². The number of aromatic amines is 1. The Balaban J connectivity index is 2.55. The lowest BCUT2D eigenvalue weighted by atomic mass is 10.1. The number of nitrogens with one attached hydrogen (secondary N) is 1. The molecule has 0 saturated heterocycles. The highest BCUT2D eigenvalue weighted by Gasteiger charge is 2.16. The van der Waals surface area contributed by atoms with Crippen LogP contribution in [0, 0.1) is 5.92 Å². The van der Waals surface area contributed by atoms with E-state index >= 15 is 0 Å². The van der Waals surface area contributed by atoms with Crippen molar-refractivity contribution in [2.24, 2.45) is 5.92 Å². The van der Waals surface area contributed by atoms with E-state index in [1.54, 1.807) is 0 Å². The van der Waals surface area contributed by atoms with E-state index in [-0.39, 0.29) is 10.7 Å². The molecule has 0 aliphatic carbocycles. The van der Waals surface area contributed by atoms with Crippen LogP contribution in [0.2, 0.25) is 0 Å². The first-order valence-electron chi connectivity index (χ1n) is 6.08. The van der Waals surface area contributed by atoms with Gasteiger partial charge in [0.2, 0.25) is 5.13 Å². The lowest BCUT2D eigenvalue weighted by molar-refractivity contribution is 0.101. The van der Waals surface area contributed by atoms with E-state index in [2.05, 4.69) is 15.2 Å². The molecule has 2 aromatic rings. The molecule has 0 atom stereocenters. The molecule has 0 unspecified atom stereocenters. The van der Waals surface area contributed by atoms with Gasteiger partial charge in [0.25, 0.3) is 5.56 Å². The fraction of sp³-hybridized carbons (Fsp3) is 0.417. The molecule has 20 heavy (non-hydrogen) atoms. The summed E-state index contributed by atoms with van der Waals surface area (Å²) in [6.45, 7) is 5.34. The molecule has 0 bridgehead atoms. The van der Waals surface area contributed by atoms with E-state index in [1.807, 2.05) is 13.8 Å². The summed E-state index contributed by atoms with van der Waals surface area (Å²) >= 11 is 1.17. The van der Waals surface area contributed by atoms with Crippen LogP contribution in [0.5, 0.6) is 0 Å². The van der Waals surface area contributed by atoms with Crippen LogP contribution in [-0.2, 0) is 6.42 Å². The Hall–Kier alpha value is -2.09. The van der Waals surface area contributed by atoms with Crippen molar-refractivity contribution in [3.05, 3.63) is 37.6 Å².